The Morgan fingerprint density at radius 3 is 2.47 bits per heavy atom. The summed E-state index contributed by atoms with van der Waals surface area (Å²) < 4.78 is 27.8. The molecule has 0 radical (unpaired) electrons. The van der Waals surface area contributed by atoms with E-state index in [0.717, 1.165) is 32.8 Å². The Morgan fingerprint density at radius 2 is 1.84 bits per heavy atom. The maximum Gasteiger partial charge on any atom is 0.223 e. The van der Waals surface area contributed by atoms with Gasteiger partial charge >= 0.3 is 0 Å². The van der Waals surface area contributed by atoms with Crippen LogP contribution in [0, 0.1) is 5.92 Å². The van der Waals surface area contributed by atoms with Crippen LogP contribution in [0.15, 0.2) is 0 Å². The zero-order valence-electron chi connectivity index (χ0n) is 11.1. The topological polar surface area (TPSA) is 75.7 Å². The van der Waals surface area contributed by atoms with Gasteiger partial charge in [-0.1, -0.05) is 0 Å². The van der Waals surface area contributed by atoms with Gasteiger partial charge in [-0.25, -0.2) is 8.42 Å². The number of carbonyl (C=O) groups excluding carboxylic acids is 1. The van der Waals surface area contributed by atoms with E-state index in [2.05, 4.69) is 10.2 Å². The summed E-state index contributed by atoms with van der Waals surface area (Å²) >= 11 is 0. The molecule has 2 fully saturated rings. The average Bonchev–Trinajstić information content (AvgIpc) is 2.39. The van der Waals surface area contributed by atoms with Crippen molar-refractivity contribution in [1.29, 1.82) is 0 Å². The fourth-order valence-corrected chi connectivity index (χ4v) is 3.95. The number of nitrogens with one attached hydrogen (secondary N) is 1. The smallest absolute Gasteiger partial charge is 0.223 e. The van der Waals surface area contributed by atoms with Gasteiger partial charge < -0.3 is 10.1 Å². The van der Waals surface area contributed by atoms with Gasteiger partial charge in [0.1, 0.15) is 9.84 Å². The Labute approximate surface area is 114 Å². The summed E-state index contributed by atoms with van der Waals surface area (Å²) in [5.74, 6) is 0.166. The predicted molar refractivity (Wildman–Crippen MR) is 71.6 cm³/mol. The highest BCUT2D eigenvalue weighted by molar-refractivity contribution is 7.91. The number of morpholine rings is 1. The van der Waals surface area contributed by atoms with Gasteiger partial charge in [0.25, 0.3) is 0 Å². The molecule has 0 aromatic carbocycles. The highest BCUT2D eigenvalue weighted by Crippen LogP contribution is 2.18. The Bertz CT molecular complexity index is 390. The van der Waals surface area contributed by atoms with Gasteiger partial charge in [0, 0.05) is 32.1 Å². The highest BCUT2D eigenvalue weighted by Gasteiger charge is 2.28. The molecule has 0 aromatic rings. The summed E-state index contributed by atoms with van der Waals surface area (Å²) in [6, 6.07) is 0. The highest BCUT2D eigenvalue weighted by atomic mass is 32.2. The molecule has 0 aliphatic carbocycles. The minimum Gasteiger partial charge on any atom is -0.379 e. The molecule has 0 bridgehead atoms. The average molecular weight is 290 g/mol. The molecule has 110 valence electrons. The second kappa shape index (κ2) is 6.67. The molecule has 0 saturated carbocycles. The van der Waals surface area contributed by atoms with Crippen molar-refractivity contribution in [3.63, 3.8) is 0 Å². The van der Waals surface area contributed by atoms with Crippen LogP contribution >= 0.6 is 0 Å². The number of nitrogens with zero attached hydrogens (tertiary/aromatic N) is 1. The van der Waals surface area contributed by atoms with Gasteiger partial charge in [0.2, 0.25) is 5.91 Å². The summed E-state index contributed by atoms with van der Waals surface area (Å²) in [5.41, 5.74) is 0. The van der Waals surface area contributed by atoms with E-state index >= 15 is 0 Å². The summed E-state index contributed by atoms with van der Waals surface area (Å²) in [6.07, 6.45) is 0.928. The normalized spacial score (nSPS) is 25.1. The lowest BCUT2D eigenvalue weighted by atomic mass is 10.0. The third-order valence-corrected chi connectivity index (χ3v) is 5.47. The van der Waals surface area contributed by atoms with E-state index in [0.29, 0.717) is 19.4 Å². The molecule has 2 aliphatic heterocycles. The van der Waals surface area contributed by atoms with Crippen LogP contribution in [-0.4, -0.2) is 70.1 Å². The first-order valence-electron chi connectivity index (χ1n) is 6.85. The third kappa shape index (κ3) is 4.74. The predicted octanol–water partition coefficient (Wildman–Crippen LogP) is -0.740. The maximum absolute atomic E-state index is 11.9. The van der Waals surface area contributed by atoms with Crippen molar-refractivity contribution in [3.05, 3.63) is 0 Å². The van der Waals surface area contributed by atoms with Gasteiger partial charge in [-0.05, 0) is 12.8 Å². The SMILES string of the molecule is O=C(NCCN1CCOCC1)C1CCS(=O)(=O)CC1. The van der Waals surface area contributed by atoms with Crippen LogP contribution in [0.25, 0.3) is 0 Å². The van der Waals surface area contributed by atoms with Gasteiger partial charge in [0.15, 0.2) is 0 Å². The molecule has 2 heterocycles. The molecule has 0 spiro atoms. The summed E-state index contributed by atoms with van der Waals surface area (Å²) in [7, 11) is -2.89. The van der Waals surface area contributed by atoms with Crippen molar-refractivity contribution in [1.82, 2.24) is 10.2 Å². The number of hydrogen-bond acceptors (Lipinski definition) is 5. The molecule has 6 nitrogen and oxygen atoms in total. The van der Waals surface area contributed by atoms with Crippen molar-refractivity contribution in [2.45, 2.75) is 12.8 Å². The fourth-order valence-electron chi connectivity index (χ4n) is 2.46. The largest absolute Gasteiger partial charge is 0.379 e. The molecule has 1 N–H and O–H groups in total. The minimum absolute atomic E-state index is 0.00293. The molecule has 7 heteroatoms. The van der Waals surface area contributed by atoms with Crippen LogP contribution in [0.2, 0.25) is 0 Å². The van der Waals surface area contributed by atoms with E-state index in [9.17, 15) is 13.2 Å². The quantitative estimate of drug-likeness (QED) is 0.738. The number of carbonyl (C=O) groups is 1. The van der Waals surface area contributed by atoms with Crippen LogP contribution in [0.4, 0.5) is 0 Å². The van der Waals surface area contributed by atoms with Crippen LogP contribution in [-0.2, 0) is 19.4 Å². The lowest BCUT2D eigenvalue weighted by molar-refractivity contribution is -0.125. The standard InChI is InChI=1S/C12H22N2O4S/c15-12(11-1-9-19(16,17)10-2-11)13-3-4-14-5-7-18-8-6-14/h11H,1-10H2,(H,13,15). The van der Waals surface area contributed by atoms with Crippen molar-refractivity contribution in [2.75, 3.05) is 50.9 Å². The van der Waals surface area contributed by atoms with Crippen molar-refractivity contribution in [3.8, 4) is 0 Å². The molecule has 0 atom stereocenters. The second-order valence-electron chi connectivity index (χ2n) is 5.17. The molecular formula is C12H22N2O4S. The Hall–Kier alpha value is -0.660. The number of rotatable bonds is 4. The number of ether oxygens (including phenoxy) is 1. The molecule has 2 saturated heterocycles. The molecule has 1 amide bonds. The molecule has 19 heavy (non-hydrogen) atoms. The van der Waals surface area contributed by atoms with Crippen LogP contribution < -0.4 is 5.32 Å². The zero-order valence-corrected chi connectivity index (χ0v) is 12.0. The van der Waals surface area contributed by atoms with Crippen LogP contribution in [0.1, 0.15) is 12.8 Å². The Kier molecular flexibility index (Phi) is 5.18. The summed E-state index contributed by atoms with van der Waals surface area (Å²) in [4.78, 5) is 14.2. The van der Waals surface area contributed by atoms with E-state index in [1.165, 1.54) is 0 Å². The first kappa shape index (κ1) is 14.7. The van der Waals surface area contributed by atoms with E-state index < -0.39 is 9.84 Å². The molecule has 2 aliphatic rings. The first-order valence-corrected chi connectivity index (χ1v) is 8.67. The van der Waals surface area contributed by atoms with Gasteiger partial charge in [-0.3, -0.25) is 9.69 Å². The van der Waals surface area contributed by atoms with Crippen molar-refractivity contribution >= 4 is 15.7 Å². The van der Waals surface area contributed by atoms with Crippen LogP contribution in [0.5, 0.6) is 0 Å². The minimum atomic E-state index is -2.89. The Morgan fingerprint density at radius 1 is 1.21 bits per heavy atom. The monoisotopic (exact) mass is 290 g/mol. The maximum atomic E-state index is 11.9. The van der Waals surface area contributed by atoms with Gasteiger partial charge in [-0.15, -0.1) is 0 Å². The number of amides is 1. The van der Waals surface area contributed by atoms with E-state index in [-0.39, 0.29) is 23.3 Å². The second-order valence-corrected chi connectivity index (χ2v) is 7.47. The van der Waals surface area contributed by atoms with Gasteiger partial charge in [-0.2, -0.15) is 0 Å². The van der Waals surface area contributed by atoms with E-state index in [4.69, 9.17) is 4.74 Å². The zero-order chi connectivity index (χ0) is 13.7. The summed E-state index contributed by atoms with van der Waals surface area (Å²) in [6.45, 7) is 4.81. The molecular weight excluding hydrogens is 268 g/mol. The van der Waals surface area contributed by atoms with Crippen molar-refractivity contribution in [2.24, 2.45) is 5.92 Å². The van der Waals surface area contributed by atoms with Crippen molar-refractivity contribution < 1.29 is 17.9 Å². The first-order chi connectivity index (χ1) is 9.07. The fraction of sp³-hybridized carbons (Fsp3) is 0.917. The third-order valence-electron chi connectivity index (χ3n) is 3.76. The number of sulfone groups is 1. The van der Waals surface area contributed by atoms with Gasteiger partial charge in [0.05, 0.1) is 24.7 Å². The lowest BCUT2D eigenvalue weighted by Crippen LogP contribution is -2.43. The Balaban J connectivity index is 1.64. The lowest BCUT2D eigenvalue weighted by Gasteiger charge is -2.27. The molecule has 2 rings (SSSR count). The van der Waals surface area contributed by atoms with E-state index in [1.807, 2.05) is 0 Å². The molecule has 0 aromatic heterocycles. The number of hydrogen-bond donors (Lipinski definition) is 1. The van der Waals surface area contributed by atoms with Crippen LogP contribution in [0.3, 0.4) is 0 Å². The summed E-state index contributed by atoms with van der Waals surface area (Å²) in [5, 5.41) is 2.91. The van der Waals surface area contributed by atoms with E-state index in [1.54, 1.807) is 0 Å². The molecule has 0 unspecified atom stereocenters.